The number of rotatable bonds is 6. The molecule has 3 rings (SSSR count). The Kier molecular flexibility index (Phi) is 4.19. The lowest BCUT2D eigenvalue weighted by Gasteiger charge is -2.19. The molecule has 2 N–H and O–H groups in total. The van der Waals surface area contributed by atoms with E-state index in [1.54, 1.807) is 35.3 Å². The molecule has 0 saturated heterocycles. The van der Waals surface area contributed by atoms with Gasteiger partial charge in [0.1, 0.15) is 5.75 Å². The number of thiazole rings is 2. The average molecular weight is 338 g/mol. The van der Waals surface area contributed by atoms with Crippen LogP contribution < -0.4 is 14.7 Å². The minimum atomic E-state index is -3.42. The first kappa shape index (κ1) is 14.1. The Morgan fingerprint density at radius 3 is 2.00 bits per heavy atom. The fourth-order valence-corrected chi connectivity index (χ4v) is 4.58. The summed E-state index contributed by atoms with van der Waals surface area (Å²) in [5, 5.41) is 10.2. The molecule has 21 heavy (non-hydrogen) atoms. The van der Waals surface area contributed by atoms with Crippen LogP contribution in [-0.4, -0.2) is 9.97 Å². The monoisotopic (exact) mass is 338 g/mol. The van der Waals surface area contributed by atoms with Gasteiger partial charge in [-0.05, 0) is 12.1 Å². The largest absolute Gasteiger partial charge is 0.447 e. The third kappa shape index (κ3) is 3.81. The van der Waals surface area contributed by atoms with E-state index >= 15 is 0 Å². The van der Waals surface area contributed by atoms with Crippen molar-refractivity contribution in [2.45, 2.75) is 0 Å². The first-order valence-corrected chi connectivity index (χ1v) is 9.32. The zero-order valence-corrected chi connectivity index (χ0v) is 13.2. The number of anilines is 2. The molecule has 6 nitrogen and oxygen atoms in total. The van der Waals surface area contributed by atoms with E-state index in [2.05, 4.69) is 20.1 Å². The second kappa shape index (κ2) is 6.26. The molecule has 0 aliphatic rings. The minimum Gasteiger partial charge on any atom is -0.414 e. The zero-order chi connectivity index (χ0) is 14.5. The number of hydrogen-bond acceptors (Lipinski definition) is 6. The van der Waals surface area contributed by atoms with Gasteiger partial charge < -0.3 is 4.52 Å². The molecule has 0 unspecified atom stereocenters. The van der Waals surface area contributed by atoms with Gasteiger partial charge >= 0.3 is 7.67 Å². The van der Waals surface area contributed by atoms with E-state index in [9.17, 15) is 4.57 Å². The van der Waals surface area contributed by atoms with Crippen LogP contribution in [-0.2, 0) is 4.57 Å². The molecule has 0 bridgehead atoms. The first-order valence-electron chi connectivity index (χ1n) is 5.94. The summed E-state index contributed by atoms with van der Waals surface area (Å²) in [5.74, 6) is 0.494. The average Bonchev–Trinajstić information content (AvgIpc) is 3.13. The predicted molar refractivity (Wildman–Crippen MR) is 86.1 cm³/mol. The first-order chi connectivity index (χ1) is 10.2. The Labute approximate surface area is 129 Å². The molecular weight excluding hydrogens is 327 g/mol. The summed E-state index contributed by atoms with van der Waals surface area (Å²) >= 11 is 2.68. The Morgan fingerprint density at radius 1 is 0.952 bits per heavy atom. The summed E-state index contributed by atoms with van der Waals surface area (Å²) in [6.45, 7) is 0. The van der Waals surface area contributed by atoms with Crippen LogP contribution in [0.15, 0.2) is 53.5 Å². The Morgan fingerprint density at radius 2 is 1.52 bits per heavy atom. The van der Waals surface area contributed by atoms with E-state index in [1.807, 2.05) is 18.2 Å². The van der Waals surface area contributed by atoms with Gasteiger partial charge in [-0.3, -0.25) is 10.2 Å². The highest BCUT2D eigenvalue weighted by molar-refractivity contribution is 7.63. The lowest BCUT2D eigenvalue weighted by molar-refractivity contribution is 0.493. The van der Waals surface area contributed by atoms with E-state index < -0.39 is 7.67 Å². The van der Waals surface area contributed by atoms with Crippen LogP contribution in [0.25, 0.3) is 0 Å². The molecule has 0 atom stereocenters. The molecule has 1 aromatic carbocycles. The van der Waals surface area contributed by atoms with Crippen LogP contribution in [0.2, 0.25) is 0 Å². The number of nitrogens with one attached hydrogen (secondary N) is 2. The van der Waals surface area contributed by atoms with Crippen molar-refractivity contribution in [1.82, 2.24) is 9.97 Å². The quantitative estimate of drug-likeness (QED) is 0.652. The molecule has 0 aliphatic heterocycles. The van der Waals surface area contributed by atoms with Gasteiger partial charge in [-0.1, -0.05) is 18.2 Å². The molecule has 0 saturated carbocycles. The number of para-hydroxylation sites is 1. The molecule has 0 fully saturated rings. The Bertz CT molecular complexity index is 679. The van der Waals surface area contributed by atoms with Gasteiger partial charge in [-0.2, -0.15) is 0 Å². The smallest absolute Gasteiger partial charge is 0.414 e. The van der Waals surface area contributed by atoms with Crippen molar-refractivity contribution in [1.29, 1.82) is 0 Å². The molecule has 3 aromatic rings. The van der Waals surface area contributed by atoms with Crippen molar-refractivity contribution in [3.8, 4) is 5.75 Å². The fraction of sp³-hybridized carbons (Fsp3) is 0. The second-order valence-corrected chi connectivity index (χ2v) is 7.38. The molecule has 108 valence electrons. The zero-order valence-electron chi connectivity index (χ0n) is 10.7. The second-order valence-electron chi connectivity index (χ2n) is 3.85. The summed E-state index contributed by atoms with van der Waals surface area (Å²) in [4.78, 5) is 8.14. The van der Waals surface area contributed by atoms with Gasteiger partial charge in [0.25, 0.3) is 0 Å². The number of benzene rings is 1. The predicted octanol–water partition coefficient (Wildman–Crippen LogP) is 4.31. The van der Waals surface area contributed by atoms with Gasteiger partial charge in [0.15, 0.2) is 10.3 Å². The fourth-order valence-electron chi connectivity index (χ4n) is 1.51. The van der Waals surface area contributed by atoms with Gasteiger partial charge in [0, 0.05) is 23.2 Å². The summed E-state index contributed by atoms with van der Waals surface area (Å²) in [6.07, 6.45) is 3.26. The lowest BCUT2D eigenvalue weighted by Crippen LogP contribution is -2.11. The SMILES string of the molecule is O=P(Nc1nccs1)(Nc1nccs1)Oc1ccccc1. The summed E-state index contributed by atoms with van der Waals surface area (Å²) in [7, 11) is -3.42. The Hall–Kier alpha value is -1.89. The van der Waals surface area contributed by atoms with Crippen LogP contribution in [0.1, 0.15) is 0 Å². The highest BCUT2D eigenvalue weighted by atomic mass is 32.1. The van der Waals surface area contributed by atoms with Crippen LogP contribution in [0.4, 0.5) is 10.3 Å². The van der Waals surface area contributed by atoms with Crippen molar-refractivity contribution in [2.24, 2.45) is 0 Å². The van der Waals surface area contributed by atoms with E-state index in [1.165, 1.54) is 22.7 Å². The van der Waals surface area contributed by atoms with Crippen molar-refractivity contribution in [3.63, 3.8) is 0 Å². The molecule has 0 spiro atoms. The molecule has 2 aromatic heterocycles. The van der Waals surface area contributed by atoms with E-state index in [0.717, 1.165) is 0 Å². The number of aromatic nitrogens is 2. The topological polar surface area (TPSA) is 76.1 Å². The highest BCUT2D eigenvalue weighted by Crippen LogP contribution is 2.47. The van der Waals surface area contributed by atoms with Crippen LogP contribution in [0.3, 0.4) is 0 Å². The molecule has 0 radical (unpaired) electrons. The maximum absolute atomic E-state index is 13.0. The van der Waals surface area contributed by atoms with Crippen LogP contribution >= 0.6 is 30.3 Å². The van der Waals surface area contributed by atoms with E-state index in [-0.39, 0.29) is 0 Å². The standard InChI is InChI=1S/C12H11N4O2PS2/c17-19(15-11-13-6-8-20-11,16-12-14-7-9-21-12)18-10-4-2-1-3-5-10/h1-9H,(H2,13,14,15,16,17). The molecule has 0 aliphatic carbocycles. The normalized spacial score (nSPS) is 11.0. The van der Waals surface area contributed by atoms with Crippen molar-refractivity contribution >= 4 is 40.6 Å². The Balaban J connectivity index is 1.84. The van der Waals surface area contributed by atoms with Crippen molar-refractivity contribution in [2.75, 3.05) is 10.2 Å². The van der Waals surface area contributed by atoms with Crippen LogP contribution in [0.5, 0.6) is 5.75 Å². The van der Waals surface area contributed by atoms with Crippen LogP contribution in [0, 0.1) is 0 Å². The van der Waals surface area contributed by atoms with E-state index in [4.69, 9.17) is 4.52 Å². The number of nitrogens with zero attached hydrogens (tertiary/aromatic N) is 2. The van der Waals surface area contributed by atoms with Gasteiger partial charge in [-0.25, -0.2) is 14.5 Å². The van der Waals surface area contributed by atoms with Gasteiger partial charge in [0.05, 0.1) is 0 Å². The summed E-state index contributed by atoms with van der Waals surface area (Å²) < 4.78 is 18.6. The maximum atomic E-state index is 13.0. The maximum Gasteiger partial charge on any atom is 0.447 e. The molecule has 0 amide bonds. The summed E-state index contributed by atoms with van der Waals surface area (Å²) in [5.41, 5.74) is 0. The van der Waals surface area contributed by atoms with Gasteiger partial charge in [-0.15, -0.1) is 22.7 Å². The molecule has 9 heteroatoms. The van der Waals surface area contributed by atoms with Crippen molar-refractivity contribution < 1.29 is 9.09 Å². The van der Waals surface area contributed by atoms with Crippen molar-refractivity contribution in [3.05, 3.63) is 53.5 Å². The summed E-state index contributed by atoms with van der Waals surface area (Å²) in [6, 6.07) is 8.96. The third-order valence-electron chi connectivity index (χ3n) is 2.33. The molecular formula is C12H11N4O2PS2. The molecule has 2 heterocycles. The highest BCUT2D eigenvalue weighted by Gasteiger charge is 2.27. The van der Waals surface area contributed by atoms with Gasteiger partial charge in [0.2, 0.25) is 0 Å². The number of hydrogen-bond donors (Lipinski definition) is 2. The lowest BCUT2D eigenvalue weighted by atomic mass is 10.3. The third-order valence-corrected chi connectivity index (χ3v) is 5.49. The minimum absolute atomic E-state index is 0.494. The van der Waals surface area contributed by atoms with E-state index in [0.29, 0.717) is 16.0 Å².